The van der Waals surface area contributed by atoms with Crippen LogP contribution in [-0.4, -0.2) is 17.9 Å². The van der Waals surface area contributed by atoms with Gasteiger partial charge in [-0.1, -0.05) is 0 Å². The molecule has 0 rings (SSSR count). The molecule has 0 aliphatic carbocycles. The topological polar surface area (TPSA) is 26.0 Å². The molecule has 1 atom stereocenters. The number of hydrogen-bond acceptors (Lipinski definition) is 1. The molecule has 0 radical (unpaired) electrons. The van der Waals surface area contributed by atoms with Gasteiger partial charge in [0.05, 0.1) is 0 Å². The molecular weight excluding hydrogens is 160 g/mol. The zero-order valence-corrected chi connectivity index (χ0v) is 7.27. The maximum absolute atomic E-state index is 12.8. The summed E-state index contributed by atoms with van der Waals surface area (Å²) in [6.07, 6.45) is 0. The second-order valence-electron chi connectivity index (χ2n) is 2.87. The third kappa shape index (κ3) is 2.80. The average molecular weight is 174 g/mol. The first kappa shape index (κ1) is 12.8. The maximum atomic E-state index is 12.8. The lowest BCUT2D eigenvalue weighted by atomic mass is 9.92. The van der Waals surface area contributed by atoms with Crippen molar-refractivity contribution >= 4 is 12.4 Å². The van der Waals surface area contributed by atoms with Crippen molar-refractivity contribution in [1.82, 2.24) is 0 Å². The van der Waals surface area contributed by atoms with E-state index in [1.54, 1.807) is 0 Å². The molecular formula is C6H14ClF2N. The van der Waals surface area contributed by atoms with Crippen LogP contribution in [-0.2, 0) is 0 Å². The first-order chi connectivity index (χ1) is 3.81. The highest BCUT2D eigenvalue weighted by Gasteiger charge is 2.40. The summed E-state index contributed by atoms with van der Waals surface area (Å²) in [5, 5.41) is 0. The molecule has 1 unspecified atom stereocenters. The fourth-order valence-electron chi connectivity index (χ4n) is 0.243. The predicted molar refractivity (Wildman–Crippen MR) is 41.0 cm³/mol. The molecule has 10 heavy (non-hydrogen) atoms. The summed E-state index contributed by atoms with van der Waals surface area (Å²) in [5.41, 5.74) is 1.22. The molecule has 0 aromatic rings. The highest BCUT2D eigenvalue weighted by molar-refractivity contribution is 5.85. The largest absolute Gasteiger partial charge is 0.327 e. The monoisotopic (exact) mass is 173 g/mol. The first-order valence-electron chi connectivity index (χ1n) is 2.89. The number of alkyl halides is 2. The smallest absolute Gasteiger partial charge is 0.153 e. The van der Waals surface area contributed by atoms with Gasteiger partial charge in [0.2, 0.25) is 0 Å². The standard InChI is InChI=1S/C6H13F2N.ClH/c1-5(2,7)6(3,8)4-9;/h4,9H2,1-3H3;1H. The molecule has 0 heterocycles. The van der Waals surface area contributed by atoms with Gasteiger partial charge < -0.3 is 5.73 Å². The lowest BCUT2D eigenvalue weighted by Gasteiger charge is -2.28. The van der Waals surface area contributed by atoms with E-state index >= 15 is 0 Å². The van der Waals surface area contributed by atoms with Crippen LogP contribution in [0.5, 0.6) is 0 Å². The van der Waals surface area contributed by atoms with Crippen molar-refractivity contribution < 1.29 is 8.78 Å². The van der Waals surface area contributed by atoms with Crippen molar-refractivity contribution in [2.75, 3.05) is 6.54 Å². The molecule has 0 aromatic heterocycles. The van der Waals surface area contributed by atoms with E-state index in [1.807, 2.05) is 0 Å². The number of halogens is 3. The number of hydrogen-bond donors (Lipinski definition) is 1. The minimum atomic E-state index is -1.91. The van der Waals surface area contributed by atoms with Gasteiger partial charge >= 0.3 is 0 Å². The fraction of sp³-hybridized carbons (Fsp3) is 1.00. The van der Waals surface area contributed by atoms with Crippen molar-refractivity contribution in [3.8, 4) is 0 Å². The molecule has 0 amide bonds. The Bertz CT molecular complexity index is 98.4. The number of nitrogens with two attached hydrogens (primary N) is 1. The van der Waals surface area contributed by atoms with Gasteiger partial charge in [0.15, 0.2) is 5.67 Å². The third-order valence-corrected chi connectivity index (χ3v) is 1.62. The molecule has 64 valence electrons. The van der Waals surface area contributed by atoms with Gasteiger partial charge in [0.25, 0.3) is 0 Å². The van der Waals surface area contributed by atoms with Crippen LogP contribution in [0.4, 0.5) is 8.78 Å². The summed E-state index contributed by atoms with van der Waals surface area (Å²) in [4.78, 5) is 0. The van der Waals surface area contributed by atoms with E-state index in [0.717, 1.165) is 6.92 Å². The van der Waals surface area contributed by atoms with Gasteiger partial charge in [-0.15, -0.1) is 12.4 Å². The lowest BCUT2D eigenvalue weighted by molar-refractivity contribution is 0.00693. The SMILES string of the molecule is CC(C)(F)C(C)(F)CN.Cl. The fourth-order valence-corrected chi connectivity index (χ4v) is 0.243. The van der Waals surface area contributed by atoms with E-state index in [-0.39, 0.29) is 19.0 Å². The van der Waals surface area contributed by atoms with E-state index in [9.17, 15) is 8.78 Å². The highest BCUT2D eigenvalue weighted by Crippen LogP contribution is 2.28. The van der Waals surface area contributed by atoms with Crippen LogP contribution in [0.15, 0.2) is 0 Å². The van der Waals surface area contributed by atoms with Crippen LogP contribution in [0.25, 0.3) is 0 Å². The number of rotatable bonds is 2. The molecule has 0 aromatic carbocycles. The van der Waals surface area contributed by atoms with Gasteiger partial charge in [-0.05, 0) is 20.8 Å². The quantitative estimate of drug-likeness (QED) is 0.678. The second-order valence-corrected chi connectivity index (χ2v) is 2.87. The lowest BCUT2D eigenvalue weighted by Crippen LogP contribution is -2.46. The maximum Gasteiger partial charge on any atom is 0.153 e. The van der Waals surface area contributed by atoms with Crippen molar-refractivity contribution in [2.45, 2.75) is 32.1 Å². The Balaban J connectivity index is 0. The van der Waals surface area contributed by atoms with E-state index in [1.165, 1.54) is 13.8 Å². The van der Waals surface area contributed by atoms with E-state index in [4.69, 9.17) is 5.73 Å². The summed E-state index contributed by atoms with van der Waals surface area (Å²) in [6, 6.07) is 0. The summed E-state index contributed by atoms with van der Waals surface area (Å²) in [6.45, 7) is 3.24. The predicted octanol–water partition coefficient (Wildman–Crippen LogP) is 1.84. The van der Waals surface area contributed by atoms with Gasteiger partial charge in [-0.3, -0.25) is 0 Å². The Hall–Kier alpha value is 0.110. The first-order valence-corrected chi connectivity index (χ1v) is 2.89. The van der Waals surface area contributed by atoms with Gasteiger partial charge in [0.1, 0.15) is 5.67 Å². The highest BCUT2D eigenvalue weighted by atomic mass is 35.5. The summed E-state index contributed by atoms with van der Waals surface area (Å²) >= 11 is 0. The van der Waals surface area contributed by atoms with Crippen LogP contribution in [0.2, 0.25) is 0 Å². The average Bonchev–Trinajstić information content (AvgIpc) is 1.64. The van der Waals surface area contributed by atoms with Crippen molar-refractivity contribution in [3.05, 3.63) is 0 Å². The van der Waals surface area contributed by atoms with Crippen LogP contribution in [0.3, 0.4) is 0 Å². The summed E-state index contributed by atoms with van der Waals surface area (Å²) < 4.78 is 25.5. The molecule has 4 heteroatoms. The van der Waals surface area contributed by atoms with Crippen LogP contribution < -0.4 is 5.73 Å². The second kappa shape index (κ2) is 3.49. The van der Waals surface area contributed by atoms with Crippen molar-refractivity contribution in [2.24, 2.45) is 5.73 Å². The minimum absolute atomic E-state index is 0. The van der Waals surface area contributed by atoms with Crippen LogP contribution in [0.1, 0.15) is 20.8 Å². The van der Waals surface area contributed by atoms with Crippen LogP contribution >= 0.6 is 12.4 Å². The Kier molecular flexibility index (Phi) is 4.45. The van der Waals surface area contributed by atoms with Gasteiger partial charge in [-0.25, -0.2) is 8.78 Å². The Labute approximate surface area is 66.4 Å². The van der Waals surface area contributed by atoms with Gasteiger partial charge in [0, 0.05) is 6.54 Å². The van der Waals surface area contributed by atoms with E-state index in [0.29, 0.717) is 0 Å². The molecule has 0 bridgehead atoms. The molecule has 0 fully saturated rings. The minimum Gasteiger partial charge on any atom is -0.327 e. The zero-order valence-electron chi connectivity index (χ0n) is 6.45. The normalized spacial score (nSPS) is 17.4. The van der Waals surface area contributed by atoms with Gasteiger partial charge in [-0.2, -0.15) is 0 Å². The third-order valence-electron chi connectivity index (χ3n) is 1.62. The zero-order chi connectivity index (χ0) is 7.71. The van der Waals surface area contributed by atoms with Crippen LogP contribution in [0, 0.1) is 0 Å². The summed E-state index contributed by atoms with van der Waals surface area (Å²) in [5.74, 6) is 0. The molecule has 2 N–H and O–H groups in total. The molecule has 0 aliphatic rings. The van der Waals surface area contributed by atoms with Crippen molar-refractivity contribution in [3.63, 3.8) is 0 Å². The molecule has 0 spiro atoms. The molecule has 0 aliphatic heterocycles. The Morgan fingerprint density at radius 2 is 1.50 bits per heavy atom. The van der Waals surface area contributed by atoms with E-state index < -0.39 is 11.3 Å². The van der Waals surface area contributed by atoms with E-state index in [2.05, 4.69) is 0 Å². The summed E-state index contributed by atoms with van der Waals surface area (Å²) in [7, 11) is 0. The molecule has 1 nitrogen and oxygen atoms in total. The molecule has 0 saturated carbocycles. The Morgan fingerprint density at radius 1 is 1.20 bits per heavy atom. The molecule has 0 saturated heterocycles. The Morgan fingerprint density at radius 3 is 1.50 bits per heavy atom. The van der Waals surface area contributed by atoms with Crippen molar-refractivity contribution in [1.29, 1.82) is 0 Å².